The third-order valence-corrected chi connectivity index (χ3v) is 5.62. The summed E-state index contributed by atoms with van der Waals surface area (Å²) in [5.74, 6) is 2.23. The zero-order chi connectivity index (χ0) is 20.2. The molecule has 29 heavy (non-hydrogen) atoms. The highest BCUT2D eigenvalue weighted by Crippen LogP contribution is 2.32. The Kier molecular flexibility index (Phi) is 5.74. The first-order chi connectivity index (χ1) is 14.1. The number of anilines is 1. The molecule has 7 heteroatoms. The first kappa shape index (κ1) is 19.4. The maximum atomic E-state index is 12.4. The monoisotopic (exact) mass is 393 g/mol. The van der Waals surface area contributed by atoms with Crippen molar-refractivity contribution >= 4 is 11.7 Å². The minimum absolute atomic E-state index is 0.0907. The maximum absolute atomic E-state index is 12.4. The Labute approximate surface area is 170 Å². The molecule has 0 radical (unpaired) electrons. The van der Waals surface area contributed by atoms with Crippen molar-refractivity contribution in [2.75, 3.05) is 5.32 Å². The van der Waals surface area contributed by atoms with E-state index in [9.17, 15) is 4.79 Å². The van der Waals surface area contributed by atoms with Crippen molar-refractivity contribution in [2.24, 2.45) is 0 Å². The summed E-state index contributed by atoms with van der Waals surface area (Å²) in [6.45, 7) is 4.04. The number of aryl methyl sites for hydroxylation is 2. The van der Waals surface area contributed by atoms with E-state index in [-0.39, 0.29) is 18.4 Å². The fourth-order valence-electron chi connectivity index (χ4n) is 3.82. The highest BCUT2D eigenvalue weighted by molar-refractivity contribution is 5.90. The molecule has 1 aliphatic carbocycles. The number of hydrogen-bond donors (Lipinski definition) is 1. The third-order valence-electron chi connectivity index (χ3n) is 5.62. The van der Waals surface area contributed by atoms with Crippen LogP contribution in [0.1, 0.15) is 73.8 Å². The molecular weight excluding hydrogens is 366 g/mol. The second kappa shape index (κ2) is 8.59. The molecule has 1 N–H and O–H groups in total. The minimum atomic E-state index is -0.105. The molecule has 2 aromatic heterocycles. The van der Waals surface area contributed by atoms with Crippen molar-refractivity contribution < 1.29 is 9.32 Å². The van der Waals surface area contributed by atoms with Crippen LogP contribution in [0.3, 0.4) is 0 Å². The van der Waals surface area contributed by atoms with Crippen molar-refractivity contribution in [3.63, 3.8) is 0 Å². The van der Waals surface area contributed by atoms with Crippen LogP contribution in [0.5, 0.6) is 0 Å². The number of benzene rings is 1. The van der Waals surface area contributed by atoms with E-state index in [0.717, 1.165) is 24.2 Å². The molecule has 3 aromatic rings. The number of carbonyl (C=O) groups is 1. The molecule has 0 unspecified atom stereocenters. The molecule has 1 amide bonds. The quantitative estimate of drug-likeness (QED) is 0.642. The van der Waals surface area contributed by atoms with E-state index in [2.05, 4.69) is 39.6 Å². The summed E-state index contributed by atoms with van der Waals surface area (Å²) in [6, 6.07) is 10.3. The smallest absolute Gasteiger partial charge is 0.227 e. The van der Waals surface area contributed by atoms with E-state index in [4.69, 9.17) is 4.52 Å². The van der Waals surface area contributed by atoms with Gasteiger partial charge in [0.05, 0.1) is 6.04 Å². The van der Waals surface area contributed by atoms with Crippen molar-refractivity contribution in [1.82, 2.24) is 19.9 Å². The summed E-state index contributed by atoms with van der Waals surface area (Å²) in [6.07, 6.45) is 7.39. The van der Waals surface area contributed by atoms with E-state index in [1.54, 1.807) is 0 Å². The second-order valence-electron chi connectivity index (χ2n) is 7.80. The maximum Gasteiger partial charge on any atom is 0.227 e. The van der Waals surface area contributed by atoms with Crippen LogP contribution < -0.4 is 5.32 Å². The summed E-state index contributed by atoms with van der Waals surface area (Å²) in [7, 11) is 0. The number of rotatable bonds is 7. The Morgan fingerprint density at radius 1 is 1.28 bits per heavy atom. The SMILES string of the molecule is Cc1cn([C@@H](C)c2ccccc2)nc1NC(=O)CCc1nc(C2CCCC2)no1. The van der Waals surface area contributed by atoms with Crippen LogP contribution in [-0.4, -0.2) is 25.8 Å². The number of hydrogen-bond acceptors (Lipinski definition) is 5. The van der Waals surface area contributed by atoms with Crippen LogP contribution in [-0.2, 0) is 11.2 Å². The van der Waals surface area contributed by atoms with Crippen LogP contribution in [0.25, 0.3) is 0 Å². The molecule has 0 saturated heterocycles. The van der Waals surface area contributed by atoms with E-state index in [1.807, 2.05) is 36.0 Å². The Morgan fingerprint density at radius 3 is 2.79 bits per heavy atom. The van der Waals surface area contributed by atoms with Gasteiger partial charge in [-0.2, -0.15) is 10.1 Å². The van der Waals surface area contributed by atoms with Gasteiger partial charge in [0.2, 0.25) is 11.8 Å². The van der Waals surface area contributed by atoms with Gasteiger partial charge in [0.1, 0.15) is 0 Å². The average molecular weight is 393 g/mol. The number of nitrogens with one attached hydrogen (secondary N) is 1. The third kappa shape index (κ3) is 4.55. The van der Waals surface area contributed by atoms with Gasteiger partial charge in [0.15, 0.2) is 11.6 Å². The van der Waals surface area contributed by atoms with E-state index >= 15 is 0 Å². The van der Waals surface area contributed by atoms with Gasteiger partial charge in [-0.15, -0.1) is 0 Å². The van der Waals surface area contributed by atoms with Crippen molar-refractivity contribution in [2.45, 2.75) is 64.3 Å². The molecule has 0 bridgehead atoms. The average Bonchev–Trinajstić information content (AvgIpc) is 3.48. The molecule has 152 valence electrons. The van der Waals surface area contributed by atoms with Crippen molar-refractivity contribution in [3.8, 4) is 0 Å². The number of aromatic nitrogens is 4. The Morgan fingerprint density at radius 2 is 2.03 bits per heavy atom. The topological polar surface area (TPSA) is 85.8 Å². The van der Waals surface area contributed by atoms with E-state index < -0.39 is 0 Å². The van der Waals surface area contributed by atoms with Gasteiger partial charge in [-0.3, -0.25) is 9.48 Å². The summed E-state index contributed by atoms with van der Waals surface area (Å²) in [4.78, 5) is 16.9. The predicted molar refractivity (Wildman–Crippen MR) is 110 cm³/mol. The van der Waals surface area contributed by atoms with Gasteiger partial charge in [-0.05, 0) is 32.3 Å². The second-order valence-corrected chi connectivity index (χ2v) is 7.80. The zero-order valence-corrected chi connectivity index (χ0v) is 17.0. The lowest BCUT2D eigenvalue weighted by Gasteiger charge is -2.12. The molecule has 1 aliphatic rings. The zero-order valence-electron chi connectivity index (χ0n) is 17.0. The highest BCUT2D eigenvalue weighted by atomic mass is 16.5. The first-order valence-corrected chi connectivity index (χ1v) is 10.3. The summed E-state index contributed by atoms with van der Waals surface area (Å²) >= 11 is 0. The number of nitrogens with zero attached hydrogens (tertiary/aromatic N) is 4. The van der Waals surface area contributed by atoms with Crippen molar-refractivity contribution in [3.05, 3.63) is 59.4 Å². The lowest BCUT2D eigenvalue weighted by molar-refractivity contribution is -0.116. The summed E-state index contributed by atoms with van der Waals surface area (Å²) < 4.78 is 7.21. The molecule has 4 rings (SSSR count). The van der Waals surface area contributed by atoms with E-state index in [0.29, 0.717) is 24.0 Å². The minimum Gasteiger partial charge on any atom is -0.339 e. The molecule has 1 fully saturated rings. The van der Waals surface area contributed by atoms with Gasteiger partial charge < -0.3 is 9.84 Å². The Balaban J connectivity index is 1.33. The van der Waals surface area contributed by atoms with Gasteiger partial charge in [0, 0.05) is 30.5 Å². The van der Waals surface area contributed by atoms with Gasteiger partial charge in [-0.25, -0.2) is 0 Å². The number of amides is 1. The van der Waals surface area contributed by atoms with Crippen LogP contribution in [0.4, 0.5) is 5.82 Å². The molecule has 1 atom stereocenters. The van der Waals surface area contributed by atoms with Gasteiger partial charge in [-0.1, -0.05) is 48.3 Å². The van der Waals surface area contributed by atoms with Crippen molar-refractivity contribution in [1.29, 1.82) is 0 Å². The molecular formula is C22H27N5O2. The van der Waals surface area contributed by atoms with Crippen LogP contribution in [0, 0.1) is 6.92 Å². The fourth-order valence-corrected chi connectivity index (χ4v) is 3.82. The number of carbonyl (C=O) groups excluding carboxylic acids is 1. The summed E-state index contributed by atoms with van der Waals surface area (Å²) in [5, 5.41) is 11.6. The normalized spacial score (nSPS) is 15.5. The first-order valence-electron chi connectivity index (χ1n) is 10.3. The molecule has 7 nitrogen and oxygen atoms in total. The molecule has 2 heterocycles. The Bertz CT molecular complexity index is 957. The lowest BCUT2D eigenvalue weighted by atomic mass is 10.1. The fraction of sp³-hybridized carbons (Fsp3) is 0.455. The summed E-state index contributed by atoms with van der Waals surface area (Å²) in [5.41, 5.74) is 2.10. The molecule has 1 aromatic carbocycles. The molecule has 0 spiro atoms. The molecule has 1 saturated carbocycles. The molecule has 0 aliphatic heterocycles. The van der Waals surface area contributed by atoms with Crippen LogP contribution >= 0.6 is 0 Å². The largest absolute Gasteiger partial charge is 0.339 e. The van der Waals surface area contributed by atoms with Gasteiger partial charge >= 0.3 is 0 Å². The van der Waals surface area contributed by atoms with Gasteiger partial charge in [0.25, 0.3) is 0 Å². The lowest BCUT2D eigenvalue weighted by Crippen LogP contribution is -2.14. The standard InChI is InChI=1S/C22H27N5O2/c1-15-14-27(16(2)17-8-4-3-5-9-17)25-21(15)23-19(28)12-13-20-24-22(26-29-20)18-10-6-7-11-18/h3-5,8-9,14,16,18H,6-7,10-13H2,1-2H3,(H,23,25,28)/t16-/m0/s1. The Hall–Kier alpha value is -2.96. The highest BCUT2D eigenvalue weighted by Gasteiger charge is 2.22. The van der Waals surface area contributed by atoms with Crippen LogP contribution in [0.2, 0.25) is 0 Å². The van der Waals surface area contributed by atoms with Crippen LogP contribution in [0.15, 0.2) is 41.1 Å². The van der Waals surface area contributed by atoms with E-state index in [1.165, 1.54) is 18.4 Å². The predicted octanol–water partition coefficient (Wildman–Crippen LogP) is 4.41.